The molecule has 1 amide bonds. The minimum atomic E-state index is -3.85. The second kappa shape index (κ2) is 30.5. The number of fused-ring (bicyclic) bond motifs is 2. The first-order valence-corrected chi connectivity index (χ1v) is 25.4. The number of carbonyl (C=O) groups excluding carboxylic acids is 2. The predicted molar refractivity (Wildman–Crippen MR) is 256 cm³/mol. The molecule has 2 bridgehead atoms. The lowest BCUT2D eigenvalue weighted by molar-refractivity contribution is -0.304. The monoisotopic (exact) mass is 1020 g/mol. The molecule has 398 valence electrons. The van der Waals surface area contributed by atoms with Crippen molar-refractivity contribution in [2.45, 2.75) is 169 Å². The molecule has 2 fully saturated rings. The molecule has 15 N–H and O–H groups in total. The normalized spacial score (nSPS) is 41.1. The van der Waals surface area contributed by atoms with Crippen LogP contribution in [0.3, 0.4) is 0 Å². The van der Waals surface area contributed by atoms with Crippen LogP contribution in [0, 0.1) is 11.8 Å². The third-order valence-corrected chi connectivity index (χ3v) is 12.8. The molecule has 0 aromatic heterocycles. The van der Waals surface area contributed by atoms with Gasteiger partial charge in [-0.25, -0.2) is 13.6 Å². The lowest BCUT2D eigenvalue weighted by Crippen LogP contribution is -2.59. The molecule has 17 atom stereocenters. The van der Waals surface area contributed by atoms with Gasteiger partial charge in [-0.05, 0) is 32.6 Å². The molecule has 0 aromatic carbocycles. The average Bonchev–Trinajstić information content (AvgIpc) is 3.25. The van der Waals surface area contributed by atoms with Gasteiger partial charge in [-0.1, -0.05) is 92.0 Å². The zero-order valence-corrected chi connectivity index (χ0v) is 40.6. The van der Waals surface area contributed by atoms with E-state index in [9.17, 15) is 69.1 Å². The number of esters is 1. The Labute approximate surface area is 410 Å². The second-order valence-corrected chi connectivity index (χ2v) is 20.1. The number of aliphatic hydroxyl groups excluding tert-OH is 9. The van der Waals surface area contributed by atoms with Gasteiger partial charge >= 0.3 is 5.97 Å². The number of nitrogens with two attached hydrogens (primary N) is 2. The number of sulfonamides is 1. The fourth-order valence-corrected chi connectivity index (χ4v) is 8.66. The maximum Gasteiger partial charge on any atom is 0.308 e. The Hall–Kier alpha value is -3.53. The van der Waals surface area contributed by atoms with Gasteiger partial charge < -0.3 is 81.1 Å². The molecule has 3 aliphatic heterocycles. The third-order valence-electron chi connectivity index (χ3n) is 12.0. The van der Waals surface area contributed by atoms with E-state index >= 15 is 0 Å². The fourth-order valence-electron chi connectivity index (χ4n) is 8.11. The zero-order chi connectivity index (χ0) is 52.0. The van der Waals surface area contributed by atoms with Crippen molar-refractivity contribution in [1.82, 2.24) is 5.32 Å². The van der Waals surface area contributed by atoms with Gasteiger partial charge in [0.05, 0.1) is 91.8 Å². The van der Waals surface area contributed by atoms with E-state index in [1.54, 1.807) is 85.9 Å². The number of primary sulfonamides is 1. The van der Waals surface area contributed by atoms with Crippen LogP contribution in [0.25, 0.3) is 0 Å². The van der Waals surface area contributed by atoms with Gasteiger partial charge in [0.15, 0.2) is 12.1 Å². The largest absolute Gasteiger partial charge is 0.462 e. The summed E-state index contributed by atoms with van der Waals surface area (Å²) in [5.41, 5.74) is 5.99. The second-order valence-electron chi connectivity index (χ2n) is 18.4. The molecule has 3 heterocycles. The van der Waals surface area contributed by atoms with Crippen LogP contribution in [-0.2, 0) is 38.6 Å². The van der Waals surface area contributed by atoms with Gasteiger partial charge in [0.25, 0.3) is 0 Å². The van der Waals surface area contributed by atoms with Gasteiger partial charge in [0.1, 0.15) is 12.2 Å². The lowest BCUT2D eigenvalue weighted by Gasteiger charge is -2.45. The summed E-state index contributed by atoms with van der Waals surface area (Å²) in [7, 11) is -3.85. The van der Waals surface area contributed by atoms with Crippen molar-refractivity contribution in [3.63, 3.8) is 0 Å². The highest BCUT2D eigenvalue weighted by Gasteiger charge is 2.50. The summed E-state index contributed by atoms with van der Waals surface area (Å²) in [5.74, 6) is -6.01. The van der Waals surface area contributed by atoms with Gasteiger partial charge in [0, 0.05) is 44.6 Å². The van der Waals surface area contributed by atoms with E-state index in [1.165, 1.54) is 6.08 Å². The third kappa shape index (κ3) is 22.9. The van der Waals surface area contributed by atoms with Crippen molar-refractivity contribution in [3.8, 4) is 0 Å². The van der Waals surface area contributed by atoms with Crippen molar-refractivity contribution in [3.05, 3.63) is 85.1 Å². The number of aliphatic hydroxyl groups is 10. The van der Waals surface area contributed by atoms with Crippen molar-refractivity contribution in [2.75, 3.05) is 18.9 Å². The first kappa shape index (κ1) is 60.8. The van der Waals surface area contributed by atoms with E-state index in [0.29, 0.717) is 0 Å². The van der Waals surface area contributed by atoms with Crippen LogP contribution in [0.1, 0.15) is 78.1 Å². The standard InChI is InChI=1S/C48H77N3O18S/c1-30-16-13-11-9-7-5-3-4-6-8-10-12-14-17-35(68-47-45(61)44(49)40(59)29-66-47)26-41-43(46(62)51-20-15-21-70(50,64)65)39(58)28-48(63,69-41)27-34(54)24-38(57)36(55)19-18-32(52)23-33(53)25-42(60)67-31(2)22-37(30)56/h3-14,16-17,30-41,43-45,47,52-59,61,63H,15,18-29,49H2,1-2H3,(H,51,62)(H2,50,64,65)/b4-3+,7-5+,8-6+,11-9+,12-10+,16-13+,17-14+/t30-,31-,32?,33+,34?,35?,36?,37-,38?,39-,40+,41-,43?,44-,45-,47-,48?/m0/s1. The zero-order valence-electron chi connectivity index (χ0n) is 39.8. The van der Waals surface area contributed by atoms with Crippen molar-refractivity contribution in [1.29, 1.82) is 0 Å². The Bertz CT molecular complexity index is 1910. The molecule has 22 heteroatoms. The van der Waals surface area contributed by atoms with E-state index in [4.69, 9.17) is 29.8 Å². The molecule has 0 aromatic rings. The van der Waals surface area contributed by atoms with E-state index in [2.05, 4.69) is 5.32 Å². The van der Waals surface area contributed by atoms with Crippen LogP contribution >= 0.6 is 0 Å². The van der Waals surface area contributed by atoms with Crippen molar-refractivity contribution >= 4 is 21.9 Å². The number of cyclic esters (lactones) is 1. The van der Waals surface area contributed by atoms with E-state index in [0.717, 1.165) is 0 Å². The number of ether oxygens (including phenoxy) is 4. The van der Waals surface area contributed by atoms with Gasteiger partial charge in [-0.3, -0.25) is 9.59 Å². The molecule has 21 nitrogen and oxygen atoms in total. The van der Waals surface area contributed by atoms with Crippen LogP contribution in [0.15, 0.2) is 85.1 Å². The summed E-state index contributed by atoms with van der Waals surface area (Å²) >= 11 is 0. The van der Waals surface area contributed by atoms with Crippen molar-refractivity contribution in [2.24, 2.45) is 22.7 Å². The van der Waals surface area contributed by atoms with E-state index < -0.39 is 151 Å². The number of hydrogen-bond donors (Lipinski definition) is 13. The number of allylic oxidation sites excluding steroid dienone is 12. The highest BCUT2D eigenvalue weighted by molar-refractivity contribution is 7.89. The molecular weight excluding hydrogens is 939 g/mol. The summed E-state index contributed by atoms with van der Waals surface area (Å²) in [6, 6.07) is -1.15. The molecule has 0 saturated carbocycles. The van der Waals surface area contributed by atoms with Crippen LogP contribution in [0.5, 0.6) is 0 Å². The van der Waals surface area contributed by atoms with Crippen molar-refractivity contribution < 1.29 is 88.0 Å². The van der Waals surface area contributed by atoms with Crippen LogP contribution in [0.2, 0.25) is 0 Å². The summed E-state index contributed by atoms with van der Waals surface area (Å²) in [6.45, 7) is 2.98. The first-order valence-electron chi connectivity index (χ1n) is 23.7. The van der Waals surface area contributed by atoms with Gasteiger partial charge in [-0.2, -0.15) is 0 Å². The molecule has 0 radical (unpaired) electrons. The number of hydrogen-bond acceptors (Lipinski definition) is 19. The Morgan fingerprint density at radius 1 is 0.743 bits per heavy atom. The highest BCUT2D eigenvalue weighted by atomic mass is 32.2. The summed E-state index contributed by atoms with van der Waals surface area (Å²) in [4.78, 5) is 26.2. The molecule has 3 aliphatic rings. The molecule has 0 spiro atoms. The minimum absolute atomic E-state index is 0.0631. The Balaban J connectivity index is 1.91. The molecule has 70 heavy (non-hydrogen) atoms. The summed E-state index contributed by atoms with van der Waals surface area (Å²) in [5, 5.41) is 116. The predicted octanol–water partition coefficient (Wildman–Crippen LogP) is -1.21. The number of amides is 1. The molecular formula is C48H77N3O18S. The quantitative estimate of drug-likeness (QED) is 0.105. The summed E-state index contributed by atoms with van der Waals surface area (Å²) < 4.78 is 46.1. The van der Waals surface area contributed by atoms with Gasteiger partial charge in [-0.15, -0.1) is 0 Å². The average molecular weight is 1020 g/mol. The molecule has 0 aliphatic carbocycles. The smallest absolute Gasteiger partial charge is 0.308 e. The molecule has 7 unspecified atom stereocenters. The van der Waals surface area contributed by atoms with E-state index in [1.807, 2.05) is 6.92 Å². The van der Waals surface area contributed by atoms with Gasteiger partial charge in [0.2, 0.25) is 15.9 Å². The SMILES string of the molecule is C[C@H]1C[C@H](O)[C@@H](C)/C=C/C=C/C=C/C=C/C=C/C=C/C=C/C(O[C@@H]2OC[C@@H](O)[C@H](N)[C@@H]2O)C[C@@H]2OC(O)(CC(O)CC(O)C(O)CCC(O)C[C@@H](O)CC(=O)O1)C[C@H](O)C2C(=O)NCCCS(N)(=O)=O. The fraction of sp³-hybridized carbons (Fsp3) is 0.667. The number of nitrogens with one attached hydrogen (secondary N) is 1. The Morgan fingerprint density at radius 3 is 1.96 bits per heavy atom. The number of carbonyl (C=O) groups is 2. The number of rotatable bonds is 7. The highest BCUT2D eigenvalue weighted by Crippen LogP contribution is 2.38. The Morgan fingerprint density at radius 2 is 1.34 bits per heavy atom. The van der Waals surface area contributed by atoms with Crippen LogP contribution in [-0.4, -0.2) is 182 Å². The minimum Gasteiger partial charge on any atom is -0.462 e. The molecule has 3 rings (SSSR count). The summed E-state index contributed by atoms with van der Waals surface area (Å²) in [6.07, 6.45) is 4.25. The maximum absolute atomic E-state index is 13.7. The van der Waals surface area contributed by atoms with E-state index in [-0.39, 0.29) is 57.6 Å². The topological polar surface area (TPSA) is 372 Å². The maximum atomic E-state index is 13.7. The van der Waals surface area contributed by atoms with Crippen LogP contribution in [0.4, 0.5) is 0 Å². The Kier molecular flexibility index (Phi) is 26.5. The first-order chi connectivity index (χ1) is 33.0. The lowest BCUT2D eigenvalue weighted by atomic mass is 9.82. The molecule has 2 saturated heterocycles. The van der Waals surface area contributed by atoms with Crippen LogP contribution < -0.4 is 16.2 Å².